The van der Waals surface area contributed by atoms with Gasteiger partial charge in [-0.05, 0) is 6.92 Å². The summed E-state index contributed by atoms with van der Waals surface area (Å²) < 4.78 is 0. The van der Waals surface area contributed by atoms with Gasteiger partial charge in [0.15, 0.2) is 0 Å². The van der Waals surface area contributed by atoms with E-state index in [4.69, 9.17) is 0 Å². The standard InChI is InChI=1S/C6H6NO2/c1-2-7-5(8)3-4-6(7)9/h3-4H,1-2H2. The molecule has 1 aliphatic heterocycles. The van der Waals surface area contributed by atoms with Crippen LogP contribution in [0.15, 0.2) is 12.2 Å². The molecule has 0 saturated carbocycles. The molecule has 1 aliphatic rings. The lowest BCUT2D eigenvalue weighted by molar-refractivity contribution is -0.136. The van der Waals surface area contributed by atoms with Gasteiger partial charge in [-0.2, -0.15) is 0 Å². The van der Waals surface area contributed by atoms with E-state index in [9.17, 15) is 9.59 Å². The van der Waals surface area contributed by atoms with E-state index in [1.807, 2.05) is 0 Å². The maximum absolute atomic E-state index is 10.6. The zero-order valence-electron chi connectivity index (χ0n) is 4.83. The van der Waals surface area contributed by atoms with Crippen molar-refractivity contribution in [2.45, 2.75) is 0 Å². The molecule has 9 heavy (non-hydrogen) atoms. The predicted octanol–water partition coefficient (Wildman–Crippen LogP) is -0.255. The third-order valence-electron chi connectivity index (χ3n) is 1.12. The summed E-state index contributed by atoms with van der Waals surface area (Å²) in [5.74, 6) is -0.537. The van der Waals surface area contributed by atoms with E-state index in [2.05, 4.69) is 6.92 Å². The summed E-state index contributed by atoms with van der Waals surface area (Å²) in [5.41, 5.74) is 0. The molecule has 0 aromatic carbocycles. The Morgan fingerprint density at radius 2 is 1.78 bits per heavy atom. The predicted molar refractivity (Wildman–Crippen MR) is 31.2 cm³/mol. The van der Waals surface area contributed by atoms with Crippen LogP contribution in [0.25, 0.3) is 0 Å². The second-order valence-corrected chi connectivity index (χ2v) is 1.66. The van der Waals surface area contributed by atoms with Crippen molar-refractivity contribution in [2.24, 2.45) is 0 Å². The molecular formula is C6H6NO2. The highest BCUT2D eigenvalue weighted by atomic mass is 16.2. The molecule has 0 bridgehead atoms. The molecular weight excluding hydrogens is 118 g/mol. The van der Waals surface area contributed by atoms with Crippen molar-refractivity contribution in [3.63, 3.8) is 0 Å². The molecule has 3 nitrogen and oxygen atoms in total. The molecule has 0 N–H and O–H groups in total. The van der Waals surface area contributed by atoms with Gasteiger partial charge in [0, 0.05) is 18.7 Å². The number of carbonyl (C=O) groups excluding carboxylic acids is 2. The molecule has 3 heteroatoms. The summed E-state index contributed by atoms with van der Waals surface area (Å²) in [6.45, 7) is 3.63. The summed E-state index contributed by atoms with van der Waals surface area (Å²) in [6.07, 6.45) is 2.49. The minimum Gasteiger partial charge on any atom is -0.275 e. The molecule has 0 fully saturated rings. The number of carbonyl (C=O) groups is 2. The minimum absolute atomic E-state index is 0.213. The zero-order valence-corrected chi connectivity index (χ0v) is 4.83. The van der Waals surface area contributed by atoms with Crippen LogP contribution in [-0.4, -0.2) is 23.3 Å². The van der Waals surface area contributed by atoms with Crippen molar-refractivity contribution in [3.8, 4) is 0 Å². The normalized spacial score (nSPS) is 17.7. The topological polar surface area (TPSA) is 37.4 Å². The Balaban J connectivity index is 2.75. The van der Waals surface area contributed by atoms with Crippen LogP contribution in [0, 0.1) is 6.92 Å². The van der Waals surface area contributed by atoms with Crippen LogP contribution < -0.4 is 0 Å². The van der Waals surface area contributed by atoms with Crippen molar-refractivity contribution < 1.29 is 9.59 Å². The van der Waals surface area contributed by atoms with E-state index < -0.39 is 0 Å². The summed E-state index contributed by atoms with van der Waals surface area (Å²) in [5, 5.41) is 0. The van der Waals surface area contributed by atoms with Gasteiger partial charge in [-0.15, -0.1) is 0 Å². The monoisotopic (exact) mass is 124 g/mol. The third kappa shape index (κ3) is 0.850. The van der Waals surface area contributed by atoms with Crippen LogP contribution in [0.5, 0.6) is 0 Å². The van der Waals surface area contributed by atoms with Crippen molar-refractivity contribution in [2.75, 3.05) is 6.54 Å². The molecule has 0 aromatic rings. The highest BCUT2D eigenvalue weighted by Crippen LogP contribution is 2.00. The van der Waals surface area contributed by atoms with E-state index in [0.29, 0.717) is 0 Å². The van der Waals surface area contributed by atoms with Gasteiger partial charge in [-0.3, -0.25) is 14.5 Å². The first-order valence-electron chi connectivity index (χ1n) is 2.58. The SMILES string of the molecule is [CH2]CN1C(=O)C=CC1=O. The van der Waals surface area contributed by atoms with Gasteiger partial charge in [0.2, 0.25) is 0 Å². The fourth-order valence-corrected chi connectivity index (χ4v) is 0.652. The Morgan fingerprint density at radius 1 is 1.33 bits per heavy atom. The Labute approximate surface area is 53.0 Å². The lowest BCUT2D eigenvalue weighted by Gasteiger charge is -2.07. The fourth-order valence-electron chi connectivity index (χ4n) is 0.652. The van der Waals surface area contributed by atoms with Crippen LogP contribution in [-0.2, 0) is 9.59 Å². The van der Waals surface area contributed by atoms with Crippen LogP contribution in [0.1, 0.15) is 0 Å². The summed E-state index contributed by atoms with van der Waals surface area (Å²) >= 11 is 0. The smallest absolute Gasteiger partial charge is 0.253 e. The average Bonchev–Trinajstić information content (AvgIpc) is 2.12. The fraction of sp³-hybridized carbons (Fsp3) is 0.167. The first-order chi connectivity index (χ1) is 4.25. The third-order valence-corrected chi connectivity index (χ3v) is 1.12. The Kier molecular flexibility index (Phi) is 1.34. The van der Waals surface area contributed by atoms with Gasteiger partial charge in [0.25, 0.3) is 11.8 Å². The minimum atomic E-state index is -0.269. The molecule has 0 atom stereocenters. The van der Waals surface area contributed by atoms with Crippen LogP contribution in [0.4, 0.5) is 0 Å². The number of amides is 2. The van der Waals surface area contributed by atoms with Crippen LogP contribution in [0.2, 0.25) is 0 Å². The van der Waals surface area contributed by atoms with Gasteiger partial charge >= 0.3 is 0 Å². The molecule has 2 amide bonds. The lowest BCUT2D eigenvalue weighted by Crippen LogP contribution is -2.29. The van der Waals surface area contributed by atoms with Gasteiger partial charge in [0.1, 0.15) is 0 Å². The van der Waals surface area contributed by atoms with Crippen molar-refractivity contribution in [1.82, 2.24) is 4.90 Å². The molecule has 1 radical (unpaired) electrons. The number of hydrogen-bond donors (Lipinski definition) is 0. The summed E-state index contributed by atoms with van der Waals surface area (Å²) in [6, 6.07) is 0. The van der Waals surface area contributed by atoms with E-state index in [-0.39, 0.29) is 18.4 Å². The summed E-state index contributed by atoms with van der Waals surface area (Å²) in [7, 11) is 0. The van der Waals surface area contributed by atoms with Gasteiger partial charge in [-0.1, -0.05) is 0 Å². The maximum atomic E-state index is 10.6. The quantitative estimate of drug-likeness (QED) is 0.452. The van der Waals surface area contributed by atoms with Crippen LogP contribution in [0.3, 0.4) is 0 Å². The Bertz CT molecular complexity index is 165. The van der Waals surface area contributed by atoms with Crippen molar-refractivity contribution in [1.29, 1.82) is 0 Å². The van der Waals surface area contributed by atoms with E-state index in [1.54, 1.807) is 0 Å². The van der Waals surface area contributed by atoms with Crippen molar-refractivity contribution >= 4 is 11.8 Å². The molecule has 47 valence electrons. The number of rotatable bonds is 1. The lowest BCUT2D eigenvalue weighted by atomic mass is 10.5. The largest absolute Gasteiger partial charge is 0.275 e. The second kappa shape index (κ2) is 2.01. The van der Waals surface area contributed by atoms with Gasteiger partial charge in [0.05, 0.1) is 0 Å². The highest BCUT2D eigenvalue weighted by Gasteiger charge is 2.20. The molecule has 0 unspecified atom stereocenters. The molecule has 0 saturated heterocycles. The Morgan fingerprint density at radius 3 is 2.00 bits per heavy atom. The molecule has 0 spiro atoms. The second-order valence-electron chi connectivity index (χ2n) is 1.66. The number of imide groups is 1. The zero-order chi connectivity index (χ0) is 6.85. The number of hydrogen-bond acceptors (Lipinski definition) is 2. The maximum Gasteiger partial charge on any atom is 0.253 e. The van der Waals surface area contributed by atoms with Crippen molar-refractivity contribution in [3.05, 3.63) is 19.1 Å². The summed E-state index contributed by atoms with van der Waals surface area (Å²) in [4.78, 5) is 22.3. The van der Waals surface area contributed by atoms with Gasteiger partial charge < -0.3 is 0 Å². The van der Waals surface area contributed by atoms with Crippen LogP contribution >= 0.6 is 0 Å². The van der Waals surface area contributed by atoms with E-state index in [0.717, 1.165) is 4.90 Å². The molecule has 1 rings (SSSR count). The number of nitrogens with zero attached hydrogens (tertiary/aromatic N) is 1. The van der Waals surface area contributed by atoms with Gasteiger partial charge in [-0.25, -0.2) is 0 Å². The van der Waals surface area contributed by atoms with E-state index >= 15 is 0 Å². The molecule has 1 heterocycles. The highest BCUT2D eigenvalue weighted by molar-refractivity contribution is 6.12. The average molecular weight is 124 g/mol. The molecule has 0 aromatic heterocycles. The van der Waals surface area contributed by atoms with E-state index in [1.165, 1.54) is 12.2 Å². The Hall–Kier alpha value is -1.12. The first-order valence-corrected chi connectivity index (χ1v) is 2.58. The first kappa shape index (κ1) is 6.01. The molecule has 0 aliphatic carbocycles.